The summed E-state index contributed by atoms with van der Waals surface area (Å²) in [4.78, 5) is 0. The van der Waals surface area contributed by atoms with Crippen molar-refractivity contribution < 1.29 is 9.13 Å². The number of ether oxygens (including phenoxy) is 1. The quantitative estimate of drug-likeness (QED) is 0.883. The maximum Gasteiger partial charge on any atom is 0.165 e. The Kier molecular flexibility index (Phi) is 4.53. The lowest BCUT2D eigenvalue weighted by atomic mass is 10.0. The molecule has 2 nitrogen and oxygen atoms in total. The smallest absolute Gasteiger partial charge is 0.165 e. The monoisotopic (exact) mass is 259 g/mol. The van der Waals surface area contributed by atoms with E-state index in [4.69, 9.17) is 10.5 Å². The minimum Gasteiger partial charge on any atom is -0.454 e. The standard InChI is InChI=1S/C16H18FNO/c1-2-13(18)10-12-8-9-16(15(17)11-12)19-14-6-4-3-5-7-14/h3-9,11,13H,2,10,18H2,1H3. The van der Waals surface area contributed by atoms with Crippen LogP contribution in [0.5, 0.6) is 11.5 Å². The van der Waals surface area contributed by atoms with Crippen molar-refractivity contribution in [3.8, 4) is 11.5 Å². The van der Waals surface area contributed by atoms with Crippen LogP contribution < -0.4 is 10.5 Å². The van der Waals surface area contributed by atoms with Gasteiger partial charge in [-0.15, -0.1) is 0 Å². The Balaban J connectivity index is 2.11. The van der Waals surface area contributed by atoms with E-state index in [0.717, 1.165) is 12.0 Å². The second-order valence-corrected chi connectivity index (χ2v) is 4.55. The molecule has 3 heteroatoms. The SMILES string of the molecule is CCC(N)Cc1ccc(Oc2ccccc2)c(F)c1. The maximum atomic E-state index is 13.9. The molecule has 0 spiro atoms. The van der Waals surface area contributed by atoms with Crippen molar-refractivity contribution in [3.05, 3.63) is 59.9 Å². The normalized spacial score (nSPS) is 12.2. The lowest BCUT2D eigenvalue weighted by Gasteiger charge is -2.11. The highest BCUT2D eigenvalue weighted by atomic mass is 19.1. The molecule has 0 fully saturated rings. The van der Waals surface area contributed by atoms with E-state index >= 15 is 0 Å². The predicted molar refractivity (Wildman–Crippen MR) is 74.9 cm³/mol. The van der Waals surface area contributed by atoms with Gasteiger partial charge in [0.25, 0.3) is 0 Å². The number of hydrogen-bond donors (Lipinski definition) is 1. The summed E-state index contributed by atoms with van der Waals surface area (Å²) < 4.78 is 19.4. The number of nitrogens with two attached hydrogens (primary N) is 1. The third-order valence-electron chi connectivity index (χ3n) is 2.99. The van der Waals surface area contributed by atoms with Gasteiger partial charge in [-0.25, -0.2) is 4.39 Å². The van der Waals surface area contributed by atoms with Crippen LogP contribution in [0, 0.1) is 5.82 Å². The lowest BCUT2D eigenvalue weighted by Crippen LogP contribution is -2.21. The Morgan fingerprint density at radius 2 is 1.89 bits per heavy atom. The Bertz CT molecular complexity index is 528. The first kappa shape index (κ1) is 13.6. The highest BCUT2D eigenvalue weighted by Gasteiger charge is 2.08. The fourth-order valence-corrected chi connectivity index (χ4v) is 1.82. The molecule has 0 saturated heterocycles. The molecule has 0 amide bonds. The molecule has 1 atom stereocenters. The molecule has 1 unspecified atom stereocenters. The van der Waals surface area contributed by atoms with Gasteiger partial charge in [0.05, 0.1) is 0 Å². The van der Waals surface area contributed by atoms with Gasteiger partial charge in [-0.3, -0.25) is 0 Å². The van der Waals surface area contributed by atoms with E-state index in [0.29, 0.717) is 12.2 Å². The zero-order valence-corrected chi connectivity index (χ0v) is 11.0. The molecule has 0 aliphatic carbocycles. The zero-order chi connectivity index (χ0) is 13.7. The van der Waals surface area contributed by atoms with Crippen molar-refractivity contribution in [2.45, 2.75) is 25.8 Å². The molecule has 0 aromatic heterocycles. The van der Waals surface area contributed by atoms with Gasteiger partial charge in [-0.05, 0) is 42.7 Å². The summed E-state index contributed by atoms with van der Waals surface area (Å²) in [6.07, 6.45) is 1.56. The first-order valence-electron chi connectivity index (χ1n) is 6.46. The van der Waals surface area contributed by atoms with Gasteiger partial charge in [-0.2, -0.15) is 0 Å². The van der Waals surface area contributed by atoms with E-state index in [1.807, 2.05) is 31.2 Å². The van der Waals surface area contributed by atoms with Crippen LogP contribution in [0.15, 0.2) is 48.5 Å². The van der Waals surface area contributed by atoms with Gasteiger partial charge in [0.2, 0.25) is 0 Å². The fourth-order valence-electron chi connectivity index (χ4n) is 1.82. The van der Waals surface area contributed by atoms with E-state index in [2.05, 4.69) is 0 Å². The van der Waals surface area contributed by atoms with E-state index in [9.17, 15) is 4.39 Å². The van der Waals surface area contributed by atoms with Gasteiger partial charge in [-0.1, -0.05) is 31.2 Å². The van der Waals surface area contributed by atoms with E-state index < -0.39 is 0 Å². The van der Waals surface area contributed by atoms with Gasteiger partial charge < -0.3 is 10.5 Å². The summed E-state index contributed by atoms with van der Waals surface area (Å²) in [7, 11) is 0. The summed E-state index contributed by atoms with van der Waals surface area (Å²) in [5.41, 5.74) is 6.76. The molecular formula is C16H18FNO. The topological polar surface area (TPSA) is 35.2 Å². The number of halogens is 1. The fraction of sp³-hybridized carbons (Fsp3) is 0.250. The van der Waals surface area contributed by atoms with E-state index in [1.54, 1.807) is 18.2 Å². The molecule has 100 valence electrons. The third-order valence-corrected chi connectivity index (χ3v) is 2.99. The maximum absolute atomic E-state index is 13.9. The van der Waals surface area contributed by atoms with Crippen molar-refractivity contribution >= 4 is 0 Å². The van der Waals surface area contributed by atoms with Crippen molar-refractivity contribution in [3.63, 3.8) is 0 Å². The summed E-state index contributed by atoms with van der Waals surface area (Å²) in [5, 5.41) is 0. The van der Waals surface area contributed by atoms with Crippen LogP contribution in [-0.2, 0) is 6.42 Å². The Labute approximate surface area is 113 Å². The largest absolute Gasteiger partial charge is 0.454 e. The predicted octanol–water partition coefficient (Wildman–Crippen LogP) is 3.90. The van der Waals surface area contributed by atoms with E-state index in [1.165, 1.54) is 6.07 Å². The molecule has 0 saturated carbocycles. The zero-order valence-electron chi connectivity index (χ0n) is 11.0. The molecule has 0 heterocycles. The number of para-hydroxylation sites is 1. The highest BCUT2D eigenvalue weighted by molar-refractivity contribution is 5.34. The number of rotatable bonds is 5. The highest BCUT2D eigenvalue weighted by Crippen LogP contribution is 2.25. The number of benzene rings is 2. The molecule has 0 aliphatic heterocycles. The third kappa shape index (κ3) is 3.80. The van der Waals surface area contributed by atoms with Gasteiger partial charge in [0, 0.05) is 6.04 Å². The molecule has 2 rings (SSSR count). The average molecular weight is 259 g/mol. The van der Waals surface area contributed by atoms with Crippen LogP contribution in [0.4, 0.5) is 4.39 Å². The molecular weight excluding hydrogens is 241 g/mol. The van der Waals surface area contributed by atoms with E-state index in [-0.39, 0.29) is 17.6 Å². The second kappa shape index (κ2) is 6.34. The van der Waals surface area contributed by atoms with Crippen LogP contribution in [0.3, 0.4) is 0 Å². The molecule has 2 aromatic carbocycles. The van der Waals surface area contributed by atoms with Crippen molar-refractivity contribution in [1.82, 2.24) is 0 Å². The van der Waals surface area contributed by atoms with Crippen LogP contribution >= 0.6 is 0 Å². The summed E-state index contributed by atoms with van der Waals surface area (Å²) in [6.45, 7) is 2.02. The van der Waals surface area contributed by atoms with Crippen LogP contribution in [0.2, 0.25) is 0 Å². The first-order chi connectivity index (χ1) is 9.19. The van der Waals surface area contributed by atoms with Crippen LogP contribution in [0.1, 0.15) is 18.9 Å². The molecule has 0 bridgehead atoms. The second-order valence-electron chi connectivity index (χ2n) is 4.55. The molecule has 2 N–H and O–H groups in total. The molecule has 0 radical (unpaired) electrons. The van der Waals surface area contributed by atoms with Crippen molar-refractivity contribution in [2.75, 3.05) is 0 Å². The van der Waals surface area contributed by atoms with Crippen molar-refractivity contribution in [2.24, 2.45) is 5.73 Å². The van der Waals surface area contributed by atoms with Crippen LogP contribution in [0.25, 0.3) is 0 Å². The summed E-state index contributed by atoms with van der Waals surface area (Å²) >= 11 is 0. The summed E-state index contributed by atoms with van der Waals surface area (Å²) in [5.74, 6) is 0.504. The van der Waals surface area contributed by atoms with Gasteiger partial charge >= 0.3 is 0 Å². The minimum absolute atomic E-state index is 0.0697. The number of hydrogen-bond acceptors (Lipinski definition) is 2. The molecule has 19 heavy (non-hydrogen) atoms. The van der Waals surface area contributed by atoms with Gasteiger partial charge in [0.15, 0.2) is 11.6 Å². The van der Waals surface area contributed by atoms with Crippen molar-refractivity contribution in [1.29, 1.82) is 0 Å². The summed E-state index contributed by atoms with van der Waals surface area (Å²) in [6, 6.07) is 14.2. The molecule has 0 aliphatic rings. The Morgan fingerprint density at radius 1 is 1.16 bits per heavy atom. The van der Waals surface area contributed by atoms with Crippen LogP contribution in [-0.4, -0.2) is 6.04 Å². The van der Waals surface area contributed by atoms with Gasteiger partial charge in [0.1, 0.15) is 5.75 Å². The Hall–Kier alpha value is -1.87. The first-order valence-corrected chi connectivity index (χ1v) is 6.46. The Morgan fingerprint density at radius 3 is 2.53 bits per heavy atom. The average Bonchev–Trinajstić information content (AvgIpc) is 2.43. The molecule has 2 aromatic rings. The lowest BCUT2D eigenvalue weighted by molar-refractivity contribution is 0.441. The minimum atomic E-state index is -0.357.